The Hall–Kier alpha value is -1.88. The van der Waals surface area contributed by atoms with Crippen molar-refractivity contribution in [3.05, 3.63) is 34.9 Å². The van der Waals surface area contributed by atoms with Crippen LogP contribution in [0, 0.1) is 0 Å². The lowest BCUT2D eigenvalue weighted by Crippen LogP contribution is -2.38. The van der Waals surface area contributed by atoms with Crippen molar-refractivity contribution in [1.82, 2.24) is 16.0 Å². The van der Waals surface area contributed by atoms with Gasteiger partial charge in [-0.15, -0.1) is 0 Å². The van der Waals surface area contributed by atoms with Gasteiger partial charge in [-0.1, -0.05) is 6.07 Å². The molecular formula is C14H17N3O2. The largest absolute Gasteiger partial charge is 0.352 e. The Morgan fingerprint density at radius 2 is 2.16 bits per heavy atom. The molecule has 3 rings (SSSR count). The van der Waals surface area contributed by atoms with E-state index in [1.165, 1.54) is 11.1 Å². The molecule has 0 radical (unpaired) electrons. The Kier molecular flexibility index (Phi) is 3.21. The number of hydrogen-bond acceptors (Lipinski definition) is 3. The van der Waals surface area contributed by atoms with E-state index in [0.717, 1.165) is 19.5 Å². The van der Waals surface area contributed by atoms with E-state index in [4.69, 9.17) is 0 Å². The third-order valence-electron chi connectivity index (χ3n) is 3.69. The number of benzene rings is 1. The molecule has 0 aliphatic carbocycles. The maximum atomic E-state index is 12.0. The van der Waals surface area contributed by atoms with Gasteiger partial charge in [0.25, 0.3) is 5.91 Å². The molecule has 1 unspecified atom stereocenters. The van der Waals surface area contributed by atoms with E-state index >= 15 is 0 Å². The molecule has 1 aromatic rings. The molecule has 0 saturated carbocycles. The van der Waals surface area contributed by atoms with Gasteiger partial charge in [-0.2, -0.15) is 0 Å². The van der Waals surface area contributed by atoms with Crippen LogP contribution in [0.2, 0.25) is 0 Å². The highest BCUT2D eigenvalue weighted by Gasteiger charge is 2.21. The van der Waals surface area contributed by atoms with E-state index in [1.54, 1.807) is 0 Å². The van der Waals surface area contributed by atoms with Crippen molar-refractivity contribution in [1.29, 1.82) is 0 Å². The Balaban J connectivity index is 1.59. The van der Waals surface area contributed by atoms with Gasteiger partial charge >= 0.3 is 0 Å². The molecule has 0 aromatic heterocycles. The highest BCUT2D eigenvalue weighted by Crippen LogP contribution is 2.17. The minimum absolute atomic E-state index is 0.0721. The molecule has 3 N–H and O–H groups in total. The smallest absolute Gasteiger partial charge is 0.251 e. The van der Waals surface area contributed by atoms with Crippen molar-refractivity contribution in [3.63, 3.8) is 0 Å². The summed E-state index contributed by atoms with van der Waals surface area (Å²) >= 11 is 0. The highest BCUT2D eigenvalue weighted by molar-refractivity contribution is 5.94. The predicted molar refractivity (Wildman–Crippen MR) is 70.5 cm³/mol. The Morgan fingerprint density at radius 3 is 2.95 bits per heavy atom. The van der Waals surface area contributed by atoms with Crippen LogP contribution in [0.25, 0.3) is 0 Å². The SMILES string of the molecule is O=C1CCC(CNC(=O)c2ccc3c(c2)CNC3)N1. The minimum Gasteiger partial charge on any atom is -0.352 e. The molecule has 5 nitrogen and oxygen atoms in total. The molecule has 2 aliphatic rings. The van der Waals surface area contributed by atoms with E-state index in [-0.39, 0.29) is 17.9 Å². The molecule has 100 valence electrons. The number of fused-ring (bicyclic) bond motifs is 1. The molecule has 5 heteroatoms. The van der Waals surface area contributed by atoms with Gasteiger partial charge in [0.05, 0.1) is 0 Å². The first-order valence-electron chi connectivity index (χ1n) is 6.62. The highest BCUT2D eigenvalue weighted by atomic mass is 16.2. The maximum absolute atomic E-state index is 12.0. The van der Waals surface area contributed by atoms with Gasteiger partial charge in [0.2, 0.25) is 5.91 Å². The van der Waals surface area contributed by atoms with E-state index < -0.39 is 0 Å². The Labute approximate surface area is 111 Å². The lowest BCUT2D eigenvalue weighted by Gasteiger charge is -2.11. The van der Waals surface area contributed by atoms with Gasteiger partial charge in [-0.25, -0.2) is 0 Å². The minimum atomic E-state index is -0.0733. The first kappa shape index (κ1) is 12.2. The molecule has 0 bridgehead atoms. The summed E-state index contributed by atoms with van der Waals surface area (Å²) in [6.07, 6.45) is 1.36. The van der Waals surface area contributed by atoms with Crippen LogP contribution in [0.3, 0.4) is 0 Å². The van der Waals surface area contributed by atoms with Crippen molar-refractivity contribution in [2.45, 2.75) is 32.0 Å². The van der Waals surface area contributed by atoms with Crippen molar-refractivity contribution >= 4 is 11.8 Å². The molecule has 1 atom stereocenters. The molecule has 1 fully saturated rings. The van der Waals surface area contributed by atoms with E-state index in [9.17, 15) is 9.59 Å². The zero-order chi connectivity index (χ0) is 13.2. The summed E-state index contributed by atoms with van der Waals surface area (Å²) in [5.41, 5.74) is 3.15. The van der Waals surface area contributed by atoms with Gasteiger partial charge in [-0.3, -0.25) is 9.59 Å². The lowest BCUT2D eigenvalue weighted by atomic mass is 10.1. The second-order valence-corrected chi connectivity index (χ2v) is 5.10. The van der Waals surface area contributed by atoms with Crippen LogP contribution < -0.4 is 16.0 Å². The summed E-state index contributed by atoms with van der Waals surface area (Å²) in [4.78, 5) is 23.1. The first-order valence-corrected chi connectivity index (χ1v) is 6.62. The van der Waals surface area contributed by atoms with Crippen LogP contribution in [-0.4, -0.2) is 24.4 Å². The second-order valence-electron chi connectivity index (χ2n) is 5.10. The summed E-state index contributed by atoms with van der Waals surface area (Å²) in [5, 5.41) is 8.97. The van der Waals surface area contributed by atoms with Gasteiger partial charge < -0.3 is 16.0 Å². The number of amides is 2. The molecule has 1 aromatic carbocycles. The van der Waals surface area contributed by atoms with Crippen LogP contribution in [0.4, 0.5) is 0 Å². The molecule has 2 aliphatic heterocycles. The van der Waals surface area contributed by atoms with E-state index in [0.29, 0.717) is 18.5 Å². The van der Waals surface area contributed by atoms with Crippen LogP contribution in [0.1, 0.15) is 34.3 Å². The van der Waals surface area contributed by atoms with Crippen LogP contribution in [0.15, 0.2) is 18.2 Å². The van der Waals surface area contributed by atoms with Crippen molar-refractivity contribution in [2.24, 2.45) is 0 Å². The van der Waals surface area contributed by atoms with Gasteiger partial charge in [0, 0.05) is 37.7 Å². The molecule has 19 heavy (non-hydrogen) atoms. The summed E-state index contributed by atoms with van der Waals surface area (Å²) < 4.78 is 0. The summed E-state index contributed by atoms with van der Waals surface area (Å²) in [7, 11) is 0. The van der Waals surface area contributed by atoms with Crippen molar-refractivity contribution < 1.29 is 9.59 Å². The average molecular weight is 259 g/mol. The fourth-order valence-electron chi connectivity index (χ4n) is 2.58. The topological polar surface area (TPSA) is 70.2 Å². The molecule has 2 amide bonds. The van der Waals surface area contributed by atoms with E-state index in [1.807, 2.05) is 18.2 Å². The van der Waals surface area contributed by atoms with Crippen LogP contribution in [-0.2, 0) is 17.9 Å². The summed E-state index contributed by atoms with van der Waals surface area (Å²) in [5.74, 6) is -0.00120. The van der Waals surface area contributed by atoms with Crippen molar-refractivity contribution in [2.75, 3.05) is 6.54 Å². The fraction of sp³-hybridized carbons (Fsp3) is 0.429. The maximum Gasteiger partial charge on any atom is 0.251 e. The number of carbonyl (C=O) groups excluding carboxylic acids is 2. The quantitative estimate of drug-likeness (QED) is 0.731. The number of nitrogens with one attached hydrogen (secondary N) is 3. The molecule has 1 saturated heterocycles. The molecular weight excluding hydrogens is 242 g/mol. The van der Waals surface area contributed by atoms with Gasteiger partial charge in [-0.05, 0) is 29.7 Å². The standard InChI is InChI=1S/C14H17N3O2/c18-13-4-3-12(17-13)8-16-14(19)9-1-2-10-6-15-7-11(10)5-9/h1-2,5,12,15H,3-4,6-8H2,(H,16,19)(H,17,18). The number of carbonyl (C=O) groups is 2. The van der Waals surface area contributed by atoms with Gasteiger partial charge in [0.1, 0.15) is 0 Å². The van der Waals surface area contributed by atoms with Gasteiger partial charge in [0.15, 0.2) is 0 Å². The van der Waals surface area contributed by atoms with E-state index in [2.05, 4.69) is 16.0 Å². The number of hydrogen-bond donors (Lipinski definition) is 3. The Morgan fingerprint density at radius 1 is 1.32 bits per heavy atom. The first-order chi connectivity index (χ1) is 9.22. The average Bonchev–Trinajstić information content (AvgIpc) is 3.03. The normalized spacial score (nSPS) is 21.1. The van der Waals surface area contributed by atoms with Crippen LogP contribution >= 0.6 is 0 Å². The second kappa shape index (κ2) is 5.01. The molecule has 0 spiro atoms. The lowest BCUT2D eigenvalue weighted by molar-refractivity contribution is -0.119. The monoisotopic (exact) mass is 259 g/mol. The summed E-state index contributed by atoms with van der Waals surface area (Å²) in [6.45, 7) is 2.21. The summed E-state index contributed by atoms with van der Waals surface area (Å²) in [6, 6.07) is 5.88. The van der Waals surface area contributed by atoms with Crippen LogP contribution in [0.5, 0.6) is 0 Å². The molecule has 2 heterocycles. The number of rotatable bonds is 3. The predicted octanol–water partition coefficient (Wildman–Crippen LogP) is 0.298. The Bertz CT molecular complexity index is 527. The zero-order valence-corrected chi connectivity index (χ0v) is 10.7. The third-order valence-corrected chi connectivity index (χ3v) is 3.69. The fourth-order valence-corrected chi connectivity index (χ4v) is 2.58. The third kappa shape index (κ3) is 2.61. The zero-order valence-electron chi connectivity index (χ0n) is 10.7. The van der Waals surface area contributed by atoms with Crippen molar-refractivity contribution in [3.8, 4) is 0 Å².